The van der Waals surface area contributed by atoms with Crippen LogP contribution in [0.25, 0.3) is 22.6 Å². The molecule has 0 fully saturated rings. The monoisotopic (exact) mass is 495 g/mol. The molecular weight excluding hydrogens is 474 g/mol. The van der Waals surface area contributed by atoms with E-state index in [2.05, 4.69) is 5.32 Å². The summed E-state index contributed by atoms with van der Waals surface area (Å²) in [6, 6.07) is 17.9. The lowest BCUT2D eigenvalue weighted by atomic mass is 10.0. The molecule has 8 heteroatoms. The predicted molar refractivity (Wildman–Crippen MR) is 139 cm³/mol. The Kier molecular flexibility index (Phi) is 6.23. The van der Waals surface area contributed by atoms with Crippen molar-refractivity contribution >= 4 is 50.8 Å². The second kappa shape index (κ2) is 9.64. The second-order valence-corrected chi connectivity index (χ2v) is 9.32. The van der Waals surface area contributed by atoms with Gasteiger partial charge < -0.3 is 15.2 Å². The van der Waals surface area contributed by atoms with Crippen molar-refractivity contribution in [2.24, 2.45) is 0 Å². The number of anilines is 1. The largest absolute Gasteiger partial charge is 0.508 e. The van der Waals surface area contributed by atoms with E-state index in [9.17, 15) is 14.7 Å². The third kappa shape index (κ3) is 4.44. The van der Waals surface area contributed by atoms with Gasteiger partial charge in [0.15, 0.2) is 6.10 Å². The number of aromatic hydroxyl groups is 1. The molecule has 178 valence electrons. The van der Waals surface area contributed by atoms with Gasteiger partial charge in [-0.15, -0.1) is 11.3 Å². The molecule has 2 aromatic carbocycles. The standard InChI is InChI=1S/C28H21N3O4S/c1-16(26(33)31-27-19(15-29)12-13-36-27)35-28(34)24-21-4-2-3-5-23(21)30-25-18(8-11-22(24)25)14-17-6-9-20(32)10-7-17/h2-7,9-10,12-14,16,32H,8,11H2,1H3,(H,31,33)/b18-14+. The molecule has 1 aliphatic rings. The van der Waals surface area contributed by atoms with Crippen LogP contribution in [-0.2, 0) is 16.0 Å². The average Bonchev–Trinajstić information content (AvgIpc) is 3.50. The zero-order valence-electron chi connectivity index (χ0n) is 19.3. The molecule has 7 nitrogen and oxygen atoms in total. The number of esters is 1. The molecule has 0 spiro atoms. The number of nitriles is 1. The summed E-state index contributed by atoms with van der Waals surface area (Å²) in [4.78, 5) is 31.0. The normalized spacial score (nSPS) is 14.3. The number of benzene rings is 2. The maximum absolute atomic E-state index is 13.4. The molecular formula is C28H21N3O4S. The van der Waals surface area contributed by atoms with E-state index in [0.717, 1.165) is 22.4 Å². The molecule has 1 aliphatic carbocycles. The molecule has 36 heavy (non-hydrogen) atoms. The highest BCUT2D eigenvalue weighted by molar-refractivity contribution is 7.14. The molecule has 4 aromatic rings. The van der Waals surface area contributed by atoms with Crippen LogP contribution in [0.1, 0.15) is 46.1 Å². The fourth-order valence-electron chi connectivity index (χ4n) is 4.26. The number of nitrogens with one attached hydrogen (secondary N) is 1. The smallest absolute Gasteiger partial charge is 0.339 e. The van der Waals surface area contributed by atoms with Crippen LogP contribution < -0.4 is 5.32 Å². The Balaban J connectivity index is 1.47. The molecule has 1 amide bonds. The van der Waals surface area contributed by atoms with Gasteiger partial charge in [-0.3, -0.25) is 4.79 Å². The number of phenolic OH excluding ortho intramolecular Hbond substituents is 1. The summed E-state index contributed by atoms with van der Waals surface area (Å²) in [6.07, 6.45) is 2.25. The molecule has 2 aromatic heterocycles. The topological polar surface area (TPSA) is 112 Å². The van der Waals surface area contributed by atoms with Crippen molar-refractivity contribution in [2.45, 2.75) is 25.9 Å². The van der Waals surface area contributed by atoms with Crippen molar-refractivity contribution < 1.29 is 19.4 Å². The molecule has 0 aliphatic heterocycles. The molecule has 2 heterocycles. The number of carbonyl (C=O) groups excluding carboxylic acids is 2. The summed E-state index contributed by atoms with van der Waals surface area (Å²) in [5.41, 5.74) is 4.88. The number of rotatable bonds is 5. The van der Waals surface area contributed by atoms with Crippen molar-refractivity contribution in [2.75, 3.05) is 5.32 Å². The van der Waals surface area contributed by atoms with E-state index >= 15 is 0 Å². The zero-order valence-corrected chi connectivity index (χ0v) is 20.1. The van der Waals surface area contributed by atoms with Gasteiger partial charge in [-0.2, -0.15) is 5.26 Å². The van der Waals surface area contributed by atoms with Gasteiger partial charge >= 0.3 is 5.97 Å². The van der Waals surface area contributed by atoms with Crippen LogP contribution in [0.4, 0.5) is 5.00 Å². The number of hydrogen-bond acceptors (Lipinski definition) is 7. The lowest BCUT2D eigenvalue weighted by Gasteiger charge is -2.16. The summed E-state index contributed by atoms with van der Waals surface area (Å²) < 4.78 is 5.62. The lowest BCUT2D eigenvalue weighted by molar-refractivity contribution is -0.123. The minimum atomic E-state index is -1.07. The summed E-state index contributed by atoms with van der Waals surface area (Å²) >= 11 is 1.23. The Morgan fingerprint density at radius 1 is 1.17 bits per heavy atom. The SMILES string of the molecule is CC(OC(=O)c1c2c(nc3ccccc13)/C(=C/c1ccc(O)cc1)CC2)C(=O)Nc1sccc1C#N. The summed E-state index contributed by atoms with van der Waals surface area (Å²) in [5.74, 6) is -0.908. The molecule has 1 atom stereocenters. The number of thiophene rings is 1. The third-order valence-corrected chi connectivity index (χ3v) is 6.89. The number of aromatic nitrogens is 1. The highest BCUT2D eigenvalue weighted by Gasteiger charge is 2.29. The Morgan fingerprint density at radius 3 is 2.72 bits per heavy atom. The maximum Gasteiger partial charge on any atom is 0.339 e. The van der Waals surface area contributed by atoms with E-state index < -0.39 is 18.0 Å². The number of pyridine rings is 1. The number of hydrogen-bond donors (Lipinski definition) is 2. The van der Waals surface area contributed by atoms with Crippen LogP contribution in [0.3, 0.4) is 0 Å². The van der Waals surface area contributed by atoms with Gasteiger partial charge in [-0.1, -0.05) is 30.3 Å². The van der Waals surface area contributed by atoms with Crippen LogP contribution in [-0.4, -0.2) is 28.1 Å². The molecule has 0 saturated carbocycles. The zero-order chi connectivity index (χ0) is 25.2. The van der Waals surface area contributed by atoms with E-state index in [1.165, 1.54) is 18.3 Å². The van der Waals surface area contributed by atoms with Crippen molar-refractivity contribution in [1.29, 1.82) is 5.26 Å². The van der Waals surface area contributed by atoms with Gasteiger partial charge in [0.2, 0.25) is 0 Å². The van der Waals surface area contributed by atoms with Crippen LogP contribution >= 0.6 is 11.3 Å². The summed E-state index contributed by atoms with van der Waals surface area (Å²) in [5, 5.41) is 24.2. The first-order chi connectivity index (χ1) is 17.4. The number of fused-ring (bicyclic) bond motifs is 2. The van der Waals surface area contributed by atoms with E-state index in [1.54, 1.807) is 23.6 Å². The Labute approximate surface area is 211 Å². The van der Waals surface area contributed by atoms with Crippen LogP contribution in [0.5, 0.6) is 5.75 Å². The first kappa shape index (κ1) is 23.3. The first-order valence-electron chi connectivity index (χ1n) is 11.4. The number of allylic oxidation sites excluding steroid dienone is 1. The van der Waals surface area contributed by atoms with Gasteiger partial charge in [0, 0.05) is 5.39 Å². The van der Waals surface area contributed by atoms with Crippen molar-refractivity contribution in [1.82, 2.24) is 4.98 Å². The van der Waals surface area contributed by atoms with E-state index in [-0.39, 0.29) is 5.75 Å². The molecule has 0 bridgehead atoms. The minimum absolute atomic E-state index is 0.194. The number of nitrogens with zero attached hydrogens (tertiary/aromatic N) is 2. The maximum atomic E-state index is 13.4. The molecule has 0 saturated heterocycles. The fourth-order valence-corrected chi connectivity index (χ4v) is 5.00. The number of phenols is 1. The number of para-hydroxylation sites is 1. The van der Waals surface area contributed by atoms with E-state index in [1.807, 2.05) is 48.5 Å². The number of ether oxygens (including phenoxy) is 1. The quantitative estimate of drug-likeness (QED) is 0.351. The van der Waals surface area contributed by atoms with Crippen LogP contribution in [0.2, 0.25) is 0 Å². The van der Waals surface area contributed by atoms with Gasteiger partial charge in [0.25, 0.3) is 5.91 Å². The summed E-state index contributed by atoms with van der Waals surface area (Å²) in [7, 11) is 0. The van der Waals surface area contributed by atoms with Crippen molar-refractivity contribution in [3.05, 3.63) is 87.9 Å². The fraction of sp³-hybridized carbons (Fsp3) is 0.143. The van der Waals surface area contributed by atoms with E-state index in [4.69, 9.17) is 15.0 Å². The number of carbonyl (C=O) groups is 2. The first-order valence-corrected chi connectivity index (χ1v) is 12.2. The van der Waals surface area contributed by atoms with Crippen LogP contribution in [0, 0.1) is 11.3 Å². The van der Waals surface area contributed by atoms with Crippen molar-refractivity contribution in [3.63, 3.8) is 0 Å². The second-order valence-electron chi connectivity index (χ2n) is 8.40. The third-order valence-electron chi connectivity index (χ3n) is 6.06. The summed E-state index contributed by atoms with van der Waals surface area (Å²) in [6.45, 7) is 1.51. The molecule has 1 unspecified atom stereocenters. The molecule has 2 N–H and O–H groups in total. The highest BCUT2D eigenvalue weighted by Crippen LogP contribution is 2.38. The Bertz CT molecular complexity index is 1560. The molecule has 0 radical (unpaired) electrons. The van der Waals surface area contributed by atoms with Gasteiger partial charge in [0.1, 0.15) is 16.8 Å². The van der Waals surface area contributed by atoms with Crippen LogP contribution in [0.15, 0.2) is 60.0 Å². The van der Waals surface area contributed by atoms with E-state index in [0.29, 0.717) is 39.9 Å². The Morgan fingerprint density at radius 2 is 1.94 bits per heavy atom. The Hall–Kier alpha value is -4.48. The number of amides is 1. The van der Waals surface area contributed by atoms with Gasteiger partial charge in [0.05, 0.1) is 22.3 Å². The van der Waals surface area contributed by atoms with Gasteiger partial charge in [-0.05, 0) is 72.2 Å². The lowest BCUT2D eigenvalue weighted by Crippen LogP contribution is -2.30. The molecule has 5 rings (SSSR count). The predicted octanol–water partition coefficient (Wildman–Crippen LogP) is 5.54. The average molecular weight is 496 g/mol. The van der Waals surface area contributed by atoms with Crippen molar-refractivity contribution in [3.8, 4) is 11.8 Å². The highest BCUT2D eigenvalue weighted by atomic mass is 32.1. The minimum Gasteiger partial charge on any atom is -0.508 e. The van der Waals surface area contributed by atoms with Gasteiger partial charge in [-0.25, -0.2) is 9.78 Å².